The summed E-state index contributed by atoms with van der Waals surface area (Å²) in [7, 11) is 0. The first kappa shape index (κ1) is 16.1. The Kier molecular flexibility index (Phi) is 4.57. The van der Waals surface area contributed by atoms with Crippen molar-refractivity contribution in [1.29, 1.82) is 0 Å². The SMILES string of the molecule is O=C(c1ccc(Cl)cc1)N1CCN(c2ncc([N+](=O)[O-])cn2)CC1. The molecule has 8 nitrogen and oxygen atoms in total. The van der Waals surface area contributed by atoms with Crippen LogP contribution in [0.2, 0.25) is 5.02 Å². The molecule has 0 spiro atoms. The highest BCUT2D eigenvalue weighted by Crippen LogP contribution is 2.16. The second-order valence-electron chi connectivity index (χ2n) is 5.28. The second-order valence-corrected chi connectivity index (χ2v) is 5.72. The summed E-state index contributed by atoms with van der Waals surface area (Å²) in [6, 6.07) is 6.79. The molecular weight excluding hydrogens is 334 g/mol. The lowest BCUT2D eigenvalue weighted by atomic mass is 10.2. The monoisotopic (exact) mass is 347 g/mol. The van der Waals surface area contributed by atoms with Gasteiger partial charge in [0.2, 0.25) is 5.95 Å². The molecule has 124 valence electrons. The molecule has 3 rings (SSSR count). The average Bonchev–Trinajstić information content (AvgIpc) is 2.62. The van der Waals surface area contributed by atoms with E-state index in [1.165, 1.54) is 12.4 Å². The molecule has 1 amide bonds. The van der Waals surface area contributed by atoms with Crippen LogP contribution in [0.4, 0.5) is 11.6 Å². The van der Waals surface area contributed by atoms with Crippen molar-refractivity contribution in [2.24, 2.45) is 0 Å². The Labute approximate surface area is 142 Å². The lowest BCUT2D eigenvalue weighted by molar-refractivity contribution is -0.385. The molecule has 0 unspecified atom stereocenters. The summed E-state index contributed by atoms with van der Waals surface area (Å²) in [5, 5.41) is 11.2. The number of amides is 1. The van der Waals surface area contributed by atoms with E-state index in [0.29, 0.717) is 42.7 Å². The summed E-state index contributed by atoms with van der Waals surface area (Å²) in [5.41, 5.74) is 0.453. The summed E-state index contributed by atoms with van der Waals surface area (Å²) >= 11 is 5.83. The lowest BCUT2D eigenvalue weighted by Crippen LogP contribution is -2.49. The van der Waals surface area contributed by atoms with Gasteiger partial charge >= 0.3 is 5.69 Å². The molecule has 0 N–H and O–H groups in total. The van der Waals surface area contributed by atoms with Gasteiger partial charge in [0.15, 0.2) is 0 Å². The van der Waals surface area contributed by atoms with E-state index in [-0.39, 0.29) is 11.6 Å². The summed E-state index contributed by atoms with van der Waals surface area (Å²) in [6.07, 6.45) is 2.38. The number of hydrogen-bond donors (Lipinski definition) is 0. The first-order valence-electron chi connectivity index (χ1n) is 7.31. The minimum absolute atomic E-state index is 0.0454. The number of nitrogens with zero attached hydrogens (tertiary/aromatic N) is 5. The zero-order chi connectivity index (χ0) is 17.1. The van der Waals surface area contributed by atoms with Gasteiger partial charge in [0.1, 0.15) is 12.4 Å². The third-order valence-electron chi connectivity index (χ3n) is 3.78. The van der Waals surface area contributed by atoms with E-state index >= 15 is 0 Å². The Hall–Kier alpha value is -2.74. The maximum atomic E-state index is 12.4. The highest BCUT2D eigenvalue weighted by atomic mass is 35.5. The van der Waals surface area contributed by atoms with Crippen molar-refractivity contribution in [1.82, 2.24) is 14.9 Å². The van der Waals surface area contributed by atoms with E-state index in [0.717, 1.165) is 0 Å². The second kappa shape index (κ2) is 6.79. The van der Waals surface area contributed by atoms with Crippen LogP contribution >= 0.6 is 11.6 Å². The maximum absolute atomic E-state index is 12.4. The van der Waals surface area contributed by atoms with Crippen LogP contribution in [-0.4, -0.2) is 51.9 Å². The topological polar surface area (TPSA) is 92.5 Å². The molecule has 24 heavy (non-hydrogen) atoms. The van der Waals surface area contributed by atoms with E-state index in [9.17, 15) is 14.9 Å². The van der Waals surface area contributed by atoms with Gasteiger partial charge in [-0.05, 0) is 24.3 Å². The Morgan fingerprint density at radius 1 is 1.08 bits per heavy atom. The molecule has 0 atom stereocenters. The van der Waals surface area contributed by atoms with E-state index in [2.05, 4.69) is 9.97 Å². The molecule has 1 fully saturated rings. The average molecular weight is 348 g/mol. The molecule has 0 radical (unpaired) electrons. The van der Waals surface area contributed by atoms with Crippen molar-refractivity contribution in [2.75, 3.05) is 31.1 Å². The van der Waals surface area contributed by atoms with Gasteiger partial charge < -0.3 is 9.80 Å². The van der Waals surface area contributed by atoms with Gasteiger partial charge in [0, 0.05) is 36.8 Å². The van der Waals surface area contributed by atoms with Crippen LogP contribution in [-0.2, 0) is 0 Å². The molecule has 1 saturated heterocycles. The predicted octanol–water partition coefficient (Wildman–Crippen LogP) is 2.00. The van der Waals surface area contributed by atoms with Crippen molar-refractivity contribution in [3.63, 3.8) is 0 Å². The number of rotatable bonds is 3. The number of nitro groups is 1. The van der Waals surface area contributed by atoms with Crippen molar-refractivity contribution < 1.29 is 9.72 Å². The normalized spacial score (nSPS) is 14.5. The van der Waals surface area contributed by atoms with Crippen molar-refractivity contribution in [3.05, 3.63) is 57.4 Å². The molecule has 1 aliphatic rings. The smallest absolute Gasteiger partial charge is 0.305 e. The van der Waals surface area contributed by atoms with Gasteiger partial charge in [-0.3, -0.25) is 14.9 Å². The number of benzene rings is 1. The van der Waals surface area contributed by atoms with Gasteiger partial charge in [0.05, 0.1) is 4.92 Å². The number of aromatic nitrogens is 2. The number of halogens is 1. The Balaban J connectivity index is 1.62. The Morgan fingerprint density at radius 3 is 2.21 bits per heavy atom. The Bertz CT molecular complexity index is 743. The molecule has 2 heterocycles. The van der Waals surface area contributed by atoms with E-state index in [1.54, 1.807) is 29.2 Å². The van der Waals surface area contributed by atoms with Gasteiger partial charge in [-0.1, -0.05) is 11.6 Å². The number of carbonyl (C=O) groups is 1. The highest BCUT2D eigenvalue weighted by Gasteiger charge is 2.23. The third-order valence-corrected chi connectivity index (χ3v) is 4.03. The van der Waals surface area contributed by atoms with Crippen molar-refractivity contribution in [2.45, 2.75) is 0 Å². The molecule has 1 aromatic heterocycles. The minimum Gasteiger partial charge on any atom is -0.337 e. The first-order valence-corrected chi connectivity index (χ1v) is 7.68. The number of anilines is 1. The van der Waals surface area contributed by atoms with Crippen LogP contribution in [0.5, 0.6) is 0 Å². The first-order chi connectivity index (χ1) is 11.5. The fourth-order valence-corrected chi connectivity index (χ4v) is 2.58. The van der Waals surface area contributed by atoms with E-state index in [1.807, 2.05) is 4.90 Å². The Morgan fingerprint density at radius 2 is 1.67 bits per heavy atom. The van der Waals surface area contributed by atoms with Crippen LogP contribution in [0.15, 0.2) is 36.7 Å². The van der Waals surface area contributed by atoms with Crippen LogP contribution in [0, 0.1) is 10.1 Å². The molecule has 0 bridgehead atoms. The number of piperazine rings is 1. The number of hydrogen-bond acceptors (Lipinski definition) is 6. The molecule has 1 aromatic carbocycles. The molecule has 9 heteroatoms. The largest absolute Gasteiger partial charge is 0.337 e. The van der Waals surface area contributed by atoms with Gasteiger partial charge in [-0.15, -0.1) is 0 Å². The molecule has 0 aliphatic carbocycles. The zero-order valence-electron chi connectivity index (χ0n) is 12.6. The van der Waals surface area contributed by atoms with Crippen molar-refractivity contribution in [3.8, 4) is 0 Å². The van der Waals surface area contributed by atoms with Crippen molar-refractivity contribution >= 4 is 29.1 Å². The summed E-state index contributed by atoms with van der Waals surface area (Å²) < 4.78 is 0. The summed E-state index contributed by atoms with van der Waals surface area (Å²) in [4.78, 5) is 34.2. The molecule has 2 aromatic rings. The summed E-state index contributed by atoms with van der Waals surface area (Å²) in [5.74, 6) is 0.384. The van der Waals surface area contributed by atoms with Crippen LogP contribution in [0.1, 0.15) is 10.4 Å². The standard InChI is InChI=1S/C15H14ClN5O3/c16-12-3-1-11(2-4-12)14(22)19-5-7-20(8-6-19)15-17-9-13(10-18-15)21(23)24/h1-4,9-10H,5-8H2. The maximum Gasteiger partial charge on any atom is 0.305 e. The van der Waals surface area contributed by atoms with Crippen LogP contribution in [0.25, 0.3) is 0 Å². The number of carbonyl (C=O) groups excluding carboxylic acids is 1. The van der Waals surface area contributed by atoms with E-state index in [4.69, 9.17) is 11.6 Å². The predicted molar refractivity (Wildman–Crippen MR) is 88.3 cm³/mol. The van der Waals surface area contributed by atoms with Gasteiger partial charge in [-0.2, -0.15) is 0 Å². The fourth-order valence-electron chi connectivity index (χ4n) is 2.46. The minimum atomic E-state index is -0.535. The zero-order valence-corrected chi connectivity index (χ0v) is 13.4. The summed E-state index contributed by atoms with van der Waals surface area (Å²) in [6.45, 7) is 2.19. The van der Waals surface area contributed by atoms with Crippen LogP contribution < -0.4 is 4.90 Å². The van der Waals surface area contributed by atoms with Gasteiger partial charge in [-0.25, -0.2) is 9.97 Å². The molecular formula is C15H14ClN5O3. The fraction of sp³-hybridized carbons (Fsp3) is 0.267. The third kappa shape index (κ3) is 3.43. The van der Waals surface area contributed by atoms with Gasteiger partial charge in [0.25, 0.3) is 5.91 Å². The molecule has 0 saturated carbocycles. The lowest BCUT2D eigenvalue weighted by Gasteiger charge is -2.34. The quantitative estimate of drug-likeness (QED) is 0.622. The highest BCUT2D eigenvalue weighted by molar-refractivity contribution is 6.30. The van der Waals surface area contributed by atoms with Crippen LogP contribution in [0.3, 0.4) is 0 Å². The molecule has 1 aliphatic heterocycles. The van der Waals surface area contributed by atoms with E-state index < -0.39 is 4.92 Å².